The second kappa shape index (κ2) is 4.03. The zero-order valence-corrected chi connectivity index (χ0v) is 10.5. The van der Waals surface area contributed by atoms with Crippen molar-refractivity contribution in [3.63, 3.8) is 0 Å². The zero-order chi connectivity index (χ0) is 12.8. The summed E-state index contributed by atoms with van der Waals surface area (Å²) in [6.45, 7) is 1.99. The van der Waals surface area contributed by atoms with Gasteiger partial charge in [-0.3, -0.25) is 4.98 Å². The van der Waals surface area contributed by atoms with Crippen LogP contribution >= 0.6 is 0 Å². The van der Waals surface area contributed by atoms with Crippen LogP contribution in [-0.4, -0.2) is 31.8 Å². The van der Waals surface area contributed by atoms with E-state index in [1.807, 2.05) is 6.07 Å². The van der Waals surface area contributed by atoms with Gasteiger partial charge >= 0.3 is 0 Å². The van der Waals surface area contributed by atoms with Crippen molar-refractivity contribution in [1.82, 2.24) is 14.5 Å². The minimum absolute atomic E-state index is 0.235. The first-order valence-corrected chi connectivity index (χ1v) is 6.34. The van der Waals surface area contributed by atoms with Crippen LogP contribution in [0.2, 0.25) is 0 Å². The molecule has 2 heterocycles. The Labute approximate surface area is 106 Å². The number of aliphatic hydroxyl groups is 1. The van der Waals surface area contributed by atoms with Crippen molar-refractivity contribution < 1.29 is 5.11 Å². The molecular formula is C13H18N4O. The molecule has 5 heteroatoms. The molecule has 3 N–H and O–H groups in total. The van der Waals surface area contributed by atoms with Crippen LogP contribution in [0.5, 0.6) is 0 Å². The van der Waals surface area contributed by atoms with Gasteiger partial charge in [0.2, 0.25) is 0 Å². The monoisotopic (exact) mass is 246 g/mol. The first-order valence-electron chi connectivity index (χ1n) is 6.34. The van der Waals surface area contributed by atoms with Gasteiger partial charge in [0.1, 0.15) is 11.3 Å². The largest absolute Gasteiger partial charge is 0.388 e. The summed E-state index contributed by atoms with van der Waals surface area (Å²) in [6.07, 6.45) is 6.41. The van der Waals surface area contributed by atoms with Crippen LogP contribution in [0.1, 0.15) is 31.6 Å². The maximum Gasteiger partial charge on any atom is 0.113 e. The van der Waals surface area contributed by atoms with Gasteiger partial charge in [-0.2, -0.15) is 0 Å². The van der Waals surface area contributed by atoms with Crippen LogP contribution in [0.15, 0.2) is 18.5 Å². The maximum absolute atomic E-state index is 10.1. The van der Waals surface area contributed by atoms with Gasteiger partial charge in [0.05, 0.1) is 17.3 Å². The minimum Gasteiger partial charge on any atom is -0.388 e. The van der Waals surface area contributed by atoms with Gasteiger partial charge in [0, 0.05) is 25.2 Å². The van der Waals surface area contributed by atoms with Crippen molar-refractivity contribution in [1.29, 1.82) is 0 Å². The fourth-order valence-electron chi connectivity index (χ4n) is 2.28. The van der Waals surface area contributed by atoms with Gasteiger partial charge in [-0.15, -0.1) is 0 Å². The molecule has 0 saturated heterocycles. The van der Waals surface area contributed by atoms with Crippen molar-refractivity contribution in [2.24, 2.45) is 5.73 Å². The van der Waals surface area contributed by atoms with Crippen LogP contribution in [-0.2, 0) is 6.42 Å². The third-order valence-electron chi connectivity index (χ3n) is 3.46. The van der Waals surface area contributed by atoms with Crippen molar-refractivity contribution in [2.45, 2.75) is 37.8 Å². The molecule has 0 amide bonds. The first kappa shape index (κ1) is 11.6. The number of nitrogens with zero attached hydrogens (tertiary/aromatic N) is 3. The van der Waals surface area contributed by atoms with Crippen LogP contribution in [0.25, 0.3) is 11.0 Å². The minimum atomic E-state index is -0.901. The summed E-state index contributed by atoms with van der Waals surface area (Å²) in [7, 11) is 0. The molecule has 0 bridgehead atoms. The number of aromatic nitrogens is 3. The summed E-state index contributed by atoms with van der Waals surface area (Å²) in [6, 6.07) is 2.52. The number of imidazole rings is 1. The third-order valence-corrected chi connectivity index (χ3v) is 3.46. The fraction of sp³-hybridized carbons (Fsp3) is 0.538. The second-order valence-corrected chi connectivity index (χ2v) is 5.37. The normalized spacial score (nSPS) is 19.1. The van der Waals surface area contributed by atoms with E-state index in [0.29, 0.717) is 12.5 Å². The average molecular weight is 246 g/mol. The predicted octanol–water partition coefficient (Wildman–Crippen LogP) is 1.02. The summed E-state index contributed by atoms with van der Waals surface area (Å²) in [4.78, 5) is 8.69. The SMILES string of the molecule is CC(O)(CN)Cc1nc2cnccc2n1C1CC1. The van der Waals surface area contributed by atoms with Gasteiger partial charge in [0.25, 0.3) is 0 Å². The van der Waals surface area contributed by atoms with E-state index in [2.05, 4.69) is 14.5 Å². The number of hydrogen-bond acceptors (Lipinski definition) is 4. The van der Waals surface area contributed by atoms with E-state index in [4.69, 9.17) is 5.73 Å². The van der Waals surface area contributed by atoms with Gasteiger partial charge in [0.15, 0.2) is 0 Å². The lowest BCUT2D eigenvalue weighted by molar-refractivity contribution is 0.0667. The molecule has 1 aliphatic carbocycles. The van der Waals surface area contributed by atoms with Crippen LogP contribution in [0.3, 0.4) is 0 Å². The molecule has 1 aliphatic rings. The highest BCUT2D eigenvalue weighted by atomic mass is 16.3. The topological polar surface area (TPSA) is 77.0 Å². The second-order valence-electron chi connectivity index (χ2n) is 5.37. The molecule has 96 valence electrons. The lowest BCUT2D eigenvalue weighted by atomic mass is 10.0. The molecule has 0 aliphatic heterocycles. The van der Waals surface area contributed by atoms with E-state index in [0.717, 1.165) is 16.9 Å². The molecule has 2 aromatic rings. The molecular weight excluding hydrogens is 228 g/mol. The van der Waals surface area contributed by atoms with Crippen LogP contribution in [0.4, 0.5) is 0 Å². The van der Waals surface area contributed by atoms with E-state index in [1.54, 1.807) is 19.3 Å². The maximum atomic E-state index is 10.1. The van der Waals surface area contributed by atoms with Gasteiger partial charge in [-0.25, -0.2) is 4.98 Å². The summed E-state index contributed by atoms with van der Waals surface area (Å²) < 4.78 is 2.24. The molecule has 0 radical (unpaired) electrons. The smallest absolute Gasteiger partial charge is 0.113 e. The van der Waals surface area contributed by atoms with E-state index in [-0.39, 0.29) is 6.54 Å². The Kier molecular flexibility index (Phi) is 2.60. The number of hydrogen-bond donors (Lipinski definition) is 2. The molecule has 1 saturated carbocycles. The van der Waals surface area contributed by atoms with Gasteiger partial charge < -0.3 is 15.4 Å². The number of fused-ring (bicyclic) bond motifs is 1. The average Bonchev–Trinajstić information content (AvgIpc) is 3.11. The van der Waals surface area contributed by atoms with E-state index >= 15 is 0 Å². The molecule has 5 nitrogen and oxygen atoms in total. The highest BCUT2D eigenvalue weighted by Crippen LogP contribution is 2.39. The Morgan fingerprint density at radius 3 is 3.00 bits per heavy atom. The summed E-state index contributed by atoms with van der Waals surface area (Å²) in [5, 5.41) is 10.1. The van der Waals surface area contributed by atoms with Crippen LogP contribution < -0.4 is 5.73 Å². The number of nitrogens with two attached hydrogens (primary N) is 1. The standard InChI is InChI=1S/C13H18N4O/c1-13(18,8-14)6-12-16-10-7-15-5-4-11(10)17(12)9-2-3-9/h4-5,7,9,18H,2-3,6,8,14H2,1H3. The molecule has 1 unspecified atom stereocenters. The van der Waals surface area contributed by atoms with Crippen molar-refractivity contribution >= 4 is 11.0 Å². The van der Waals surface area contributed by atoms with Gasteiger partial charge in [-0.05, 0) is 25.8 Å². The predicted molar refractivity (Wildman–Crippen MR) is 69.2 cm³/mol. The molecule has 2 aromatic heterocycles. The summed E-state index contributed by atoms with van der Waals surface area (Å²) >= 11 is 0. The molecule has 3 rings (SSSR count). The molecule has 1 atom stereocenters. The van der Waals surface area contributed by atoms with Gasteiger partial charge in [-0.1, -0.05) is 0 Å². The van der Waals surface area contributed by atoms with E-state index < -0.39 is 5.60 Å². The molecule has 18 heavy (non-hydrogen) atoms. The summed E-state index contributed by atoms with van der Waals surface area (Å²) in [5.41, 5.74) is 6.69. The van der Waals surface area contributed by atoms with Crippen molar-refractivity contribution in [3.8, 4) is 0 Å². The first-order chi connectivity index (χ1) is 8.61. The fourth-order valence-corrected chi connectivity index (χ4v) is 2.28. The molecule has 0 aromatic carbocycles. The van der Waals surface area contributed by atoms with E-state index in [9.17, 15) is 5.11 Å². The number of pyridine rings is 1. The Balaban J connectivity index is 2.07. The Bertz CT molecular complexity index is 571. The van der Waals surface area contributed by atoms with E-state index in [1.165, 1.54) is 12.8 Å². The number of rotatable bonds is 4. The lowest BCUT2D eigenvalue weighted by Gasteiger charge is -2.21. The summed E-state index contributed by atoms with van der Waals surface area (Å²) in [5.74, 6) is 0.913. The zero-order valence-electron chi connectivity index (χ0n) is 10.5. The highest BCUT2D eigenvalue weighted by molar-refractivity contribution is 5.75. The quantitative estimate of drug-likeness (QED) is 0.844. The van der Waals surface area contributed by atoms with Crippen molar-refractivity contribution in [2.75, 3.05) is 6.54 Å². The third kappa shape index (κ3) is 2.00. The molecule has 0 spiro atoms. The Morgan fingerprint density at radius 1 is 1.56 bits per heavy atom. The molecule has 1 fully saturated rings. The highest BCUT2D eigenvalue weighted by Gasteiger charge is 2.30. The Morgan fingerprint density at radius 2 is 2.33 bits per heavy atom. The van der Waals surface area contributed by atoms with Crippen molar-refractivity contribution in [3.05, 3.63) is 24.3 Å². The Hall–Kier alpha value is -1.46. The van der Waals surface area contributed by atoms with Crippen LogP contribution in [0, 0.1) is 0 Å². The lowest BCUT2D eigenvalue weighted by Crippen LogP contribution is -2.37.